The van der Waals surface area contributed by atoms with Gasteiger partial charge in [-0.3, -0.25) is 4.79 Å². The molecule has 0 radical (unpaired) electrons. The minimum Gasteiger partial charge on any atom is -0.375 e. The molecule has 0 saturated heterocycles. The topological polar surface area (TPSA) is 120 Å². The van der Waals surface area contributed by atoms with Crippen molar-refractivity contribution in [3.63, 3.8) is 0 Å². The van der Waals surface area contributed by atoms with Crippen LogP contribution in [0, 0.1) is 6.92 Å². The van der Waals surface area contributed by atoms with Crippen LogP contribution in [0.4, 0.5) is 10.3 Å². The van der Waals surface area contributed by atoms with Gasteiger partial charge in [-0.1, -0.05) is 11.3 Å². The number of carbonyl (C=O) groups is 1. The van der Waals surface area contributed by atoms with Crippen LogP contribution < -0.4 is 16.8 Å². The Bertz CT molecular complexity index is 593. The normalized spacial score (nSPS) is 12.3. The number of rotatable bonds is 4. The molecule has 0 unspecified atom stereocenters. The maximum Gasteiger partial charge on any atom is 0.225 e. The highest BCUT2D eigenvalue weighted by Crippen LogP contribution is 2.21. The van der Waals surface area contributed by atoms with E-state index in [-0.39, 0.29) is 18.4 Å². The van der Waals surface area contributed by atoms with Gasteiger partial charge in [0.25, 0.3) is 0 Å². The first-order valence-electron chi connectivity index (χ1n) is 5.55. The molecule has 0 aliphatic carbocycles. The molecule has 1 atom stereocenters. The minimum atomic E-state index is -0.215. The standard InChI is InChI=1S/C10H14N6OS2/c1-4-6(18-9(11)14-4)3-7(17)13-5(2)8-15-16-10(12)19-8/h5H,3H2,1-2H3,(H2,11,14)(H2,12,16)(H,13,17)/t5-/m1/s1. The third-order valence-electron chi connectivity index (χ3n) is 2.43. The van der Waals surface area contributed by atoms with Crippen LogP contribution in [0.15, 0.2) is 0 Å². The number of nitrogen functional groups attached to an aromatic ring is 2. The van der Waals surface area contributed by atoms with Crippen LogP contribution in [0.1, 0.15) is 28.5 Å². The van der Waals surface area contributed by atoms with Gasteiger partial charge in [0.1, 0.15) is 5.01 Å². The van der Waals surface area contributed by atoms with Gasteiger partial charge in [-0.25, -0.2) is 4.98 Å². The van der Waals surface area contributed by atoms with Crippen molar-refractivity contribution in [1.29, 1.82) is 0 Å². The number of nitrogens with two attached hydrogens (primary N) is 2. The molecule has 0 aliphatic rings. The Kier molecular flexibility index (Phi) is 3.96. The quantitative estimate of drug-likeness (QED) is 0.771. The second-order valence-electron chi connectivity index (χ2n) is 4.01. The van der Waals surface area contributed by atoms with Gasteiger partial charge < -0.3 is 16.8 Å². The number of hydrogen-bond donors (Lipinski definition) is 3. The fraction of sp³-hybridized carbons (Fsp3) is 0.400. The Balaban J connectivity index is 1.96. The van der Waals surface area contributed by atoms with E-state index in [0.29, 0.717) is 15.3 Å². The highest BCUT2D eigenvalue weighted by molar-refractivity contribution is 7.15. The summed E-state index contributed by atoms with van der Waals surface area (Å²) in [7, 11) is 0. The summed E-state index contributed by atoms with van der Waals surface area (Å²) in [5.41, 5.74) is 11.9. The second-order valence-corrected chi connectivity index (χ2v) is 6.16. The monoisotopic (exact) mass is 298 g/mol. The van der Waals surface area contributed by atoms with Crippen molar-refractivity contribution in [3.05, 3.63) is 15.6 Å². The molecule has 0 saturated carbocycles. The van der Waals surface area contributed by atoms with Crippen molar-refractivity contribution in [2.24, 2.45) is 0 Å². The van der Waals surface area contributed by atoms with Crippen molar-refractivity contribution in [2.45, 2.75) is 26.3 Å². The third-order valence-corrected chi connectivity index (χ3v) is 4.36. The zero-order valence-electron chi connectivity index (χ0n) is 10.5. The van der Waals surface area contributed by atoms with Crippen molar-refractivity contribution >= 4 is 38.8 Å². The van der Waals surface area contributed by atoms with Gasteiger partial charge in [-0.05, 0) is 13.8 Å². The summed E-state index contributed by atoms with van der Waals surface area (Å²) in [5, 5.41) is 12.0. The van der Waals surface area contributed by atoms with Crippen LogP contribution in [-0.4, -0.2) is 21.1 Å². The first kappa shape index (κ1) is 13.7. The molecule has 2 aromatic rings. The van der Waals surface area contributed by atoms with Crippen LogP contribution >= 0.6 is 22.7 Å². The highest BCUT2D eigenvalue weighted by atomic mass is 32.1. The maximum absolute atomic E-state index is 11.9. The minimum absolute atomic E-state index is 0.104. The van der Waals surface area contributed by atoms with E-state index in [4.69, 9.17) is 11.5 Å². The van der Waals surface area contributed by atoms with Crippen LogP contribution in [0.2, 0.25) is 0 Å². The lowest BCUT2D eigenvalue weighted by Crippen LogP contribution is -2.28. The molecule has 0 spiro atoms. The number of amides is 1. The molecule has 5 N–H and O–H groups in total. The zero-order valence-corrected chi connectivity index (χ0v) is 12.1. The number of aromatic nitrogens is 3. The summed E-state index contributed by atoms with van der Waals surface area (Å²) in [5.74, 6) is -0.104. The maximum atomic E-state index is 11.9. The van der Waals surface area contributed by atoms with Crippen molar-refractivity contribution in [3.8, 4) is 0 Å². The van der Waals surface area contributed by atoms with Crippen LogP contribution in [-0.2, 0) is 11.2 Å². The number of hydrogen-bond acceptors (Lipinski definition) is 8. The van der Waals surface area contributed by atoms with E-state index in [1.807, 2.05) is 13.8 Å². The Morgan fingerprint density at radius 3 is 2.58 bits per heavy atom. The van der Waals surface area contributed by atoms with Crippen molar-refractivity contribution in [2.75, 3.05) is 11.5 Å². The summed E-state index contributed by atoms with van der Waals surface area (Å²) in [6.07, 6.45) is 0.263. The molecule has 2 aromatic heterocycles. The summed E-state index contributed by atoms with van der Waals surface area (Å²) >= 11 is 2.59. The zero-order chi connectivity index (χ0) is 14.0. The molecule has 0 fully saturated rings. The lowest BCUT2D eigenvalue weighted by Gasteiger charge is -2.09. The second kappa shape index (κ2) is 5.49. The molecule has 2 rings (SSSR count). The lowest BCUT2D eigenvalue weighted by atomic mass is 10.2. The summed E-state index contributed by atoms with van der Waals surface area (Å²) < 4.78 is 0. The molecule has 102 valence electrons. The van der Waals surface area contributed by atoms with Gasteiger partial charge >= 0.3 is 0 Å². The SMILES string of the molecule is Cc1nc(N)sc1CC(=O)N[C@H](C)c1nnc(N)s1. The fourth-order valence-corrected chi connectivity index (χ4v) is 2.98. The molecular formula is C10H14N6OS2. The summed E-state index contributed by atoms with van der Waals surface area (Å²) in [4.78, 5) is 16.9. The van der Waals surface area contributed by atoms with Crippen LogP contribution in [0.25, 0.3) is 0 Å². The average Bonchev–Trinajstić information content (AvgIpc) is 2.86. The van der Waals surface area contributed by atoms with E-state index >= 15 is 0 Å². The van der Waals surface area contributed by atoms with Gasteiger partial charge in [0.05, 0.1) is 18.2 Å². The summed E-state index contributed by atoms with van der Waals surface area (Å²) in [6, 6.07) is -0.215. The molecule has 2 heterocycles. The lowest BCUT2D eigenvalue weighted by molar-refractivity contribution is -0.121. The van der Waals surface area contributed by atoms with Crippen molar-refractivity contribution < 1.29 is 4.79 Å². The fourth-order valence-electron chi connectivity index (χ4n) is 1.54. The number of nitrogens with zero attached hydrogens (tertiary/aromatic N) is 3. The molecule has 19 heavy (non-hydrogen) atoms. The van der Waals surface area contributed by atoms with Gasteiger partial charge in [0, 0.05) is 4.88 Å². The van der Waals surface area contributed by atoms with Gasteiger partial charge in [-0.2, -0.15) is 0 Å². The Morgan fingerprint density at radius 1 is 1.32 bits per heavy atom. The number of carbonyl (C=O) groups excluding carboxylic acids is 1. The summed E-state index contributed by atoms with van der Waals surface area (Å²) in [6.45, 7) is 3.68. The van der Waals surface area contributed by atoms with Gasteiger partial charge in [0.15, 0.2) is 5.13 Å². The van der Waals surface area contributed by atoms with E-state index in [1.54, 1.807) is 0 Å². The number of thiazole rings is 1. The molecule has 7 nitrogen and oxygen atoms in total. The number of aryl methyl sites for hydroxylation is 1. The largest absolute Gasteiger partial charge is 0.375 e. The van der Waals surface area contributed by atoms with Crippen LogP contribution in [0.3, 0.4) is 0 Å². The van der Waals surface area contributed by atoms with E-state index < -0.39 is 0 Å². The Hall–Kier alpha value is -1.74. The number of nitrogens with one attached hydrogen (secondary N) is 1. The van der Waals surface area contributed by atoms with E-state index in [9.17, 15) is 4.79 Å². The van der Waals surface area contributed by atoms with E-state index in [2.05, 4.69) is 20.5 Å². The van der Waals surface area contributed by atoms with Gasteiger partial charge in [-0.15, -0.1) is 21.5 Å². The molecular weight excluding hydrogens is 284 g/mol. The molecule has 9 heteroatoms. The predicted octanol–water partition coefficient (Wildman–Crippen LogP) is 0.887. The molecule has 0 bridgehead atoms. The first-order chi connectivity index (χ1) is 8.95. The predicted molar refractivity (Wildman–Crippen MR) is 75.8 cm³/mol. The third kappa shape index (κ3) is 3.38. The average molecular weight is 298 g/mol. The van der Waals surface area contributed by atoms with Crippen LogP contribution in [0.5, 0.6) is 0 Å². The highest BCUT2D eigenvalue weighted by Gasteiger charge is 2.16. The van der Waals surface area contributed by atoms with E-state index in [0.717, 1.165) is 10.6 Å². The smallest absolute Gasteiger partial charge is 0.225 e. The van der Waals surface area contributed by atoms with E-state index in [1.165, 1.54) is 22.7 Å². The molecule has 0 aliphatic heterocycles. The van der Waals surface area contributed by atoms with Gasteiger partial charge in [0.2, 0.25) is 11.0 Å². The van der Waals surface area contributed by atoms with Crippen molar-refractivity contribution in [1.82, 2.24) is 20.5 Å². The number of anilines is 2. The first-order valence-corrected chi connectivity index (χ1v) is 7.19. The molecule has 1 amide bonds. The Labute approximate surface area is 118 Å². The molecule has 0 aromatic carbocycles. The Morgan fingerprint density at radius 2 is 2.05 bits per heavy atom.